The first-order valence-corrected chi connectivity index (χ1v) is 5.73. The second kappa shape index (κ2) is 5.18. The van der Waals surface area contributed by atoms with E-state index in [0.717, 1.165) is 5.69 Å². The molecule has 0 bridgehead atoms. The van der Waals surface area contributed by atoms with Gasteiger partial charge in [-0.2, -0.15) is 20.1 Å². The Morgan fingerprint density at radius 1 is 1.33 bits per heavy atom. The molecular weight excluding hydrogens is 256 g/mol. The van der Waals surface area contributed by atoms with Gasteiger partial charge in [-0.3, -0.25) is 4.68 Å². The normalized spacial score (nSPS) is 10.7. The molecule has 0 amide bonds. The first-order chi connectivity index (χ1) is 8.58. The fourth-order valence-corrected chi connectivity index (χ4v) is 1.45. The van der Waals surface area contributed by atoms with Crippen molar-refractivity contribution in [3.63, 3.8) is 0 Å². The van der Waals surface area contributed by atoms with Crippen LogP contribution in [0.5, 0.6) is 6.01 Å². The van der Waals surface area contributed by atoms with Crippen molar-refractivity contribution in [2.45, 2.75) is 19.9 Å². The first-order valence-electron chi connectivity index (χ1n) is 5.35. The van der Waals surface area contributed by atoms with Gasteiger partial charge in [-0.15, -0.1) is 0 Å². The number of hydrogen-bond acceptors (Lipinski definition) is 6. The number of ether oxygens (including phenoxy) is 1. The number of anilines is 2. The third kappa shape index (κ3) is 2.86. The molecule has 0 atom stereocenters. The minimum atomic E-state index is 0.0700. The summed E-state index contributed by atoms with van der Waals surface area (Å²) in [7, 11) is 1.46. The minimum absolute atomic E-state index is 0.0700. The molecule has 18 heavy (non-hydrogen) atoms. The first kappa shape index (κ1) is 12.6. The number of rotatable bonds is 4. The number of methoxy groups -OCH3 is 1. The third-order valence-corrected chi connectivity index (χ3v) is 2.33. The van der Waals surface area contributed by atoms with Crippen molar-refractivity contribution in [1.29, 1.82) is 0 Å². The van der Waals surface area contributed by atoms with E-state index in [9.17, 15) is 0 Å². The van der Waals surface area contributed by atoms with Crippen LogP contribution in [0.4, 0.5) is 11.6 Å². The summed E-state index contributed by atoms with van der Waals surface area (Å²) in [4.78, 5) is 11.8. The van der Waals surface area contributed by atoms with E-state index in [4.69, 9.17) is 16.3 Å². The maximum absolute atomic E-state index is 5.75. The van der Waals surface area contributed by atoms with Crippen LogP contribution in [0, 0.1) is 0 Å². The van der Waals surface area contributed by atoms with Gasteiger partial charge >= 0.3 is 6.01 Å². The summed E-state index contributed by atoms with van der Waals surface area (Å²) in [6, 6.07) is 0.450. The largest absolute Gasteiger partial charge is 0.467 e. The van der Waals surface area contributed by atoms with Crippen LogP contribution in [0.15, 0.2) is 12.4 Å². The van der Waals surface area contributed by atoms with Crippen molar-refractivity contribution in [3.8, 4) is 6.01 Å². The summed E-state index contributed by atoms with van der Waals surface area (Å²) in [5.41, 5.74) is 0.771. The molecule has 0 unspecified atom stereocenters. The molecule has 0 fully saturated rings. The van der Waals surface area contributed by atoms with E-state index in [1.807, 2.05) is 24.7 Å². The molecule has 8 heteroatoms. The summed E-state index contributed by atoms with van der Waals surface area (Å²) in [6.07, 6.45) is 3.54. The van der Waals surface area contributed by atoms with Gasteiger partial charge in [-0.1, -0.05) is 0 Å². The predicted octanol–water partition coefficient (Wildman–Crippen LogP) is 2.05. The Morgan fingerprint density at radius 3 is 2.72 bits per heavy atom. The van der Waals surface area contributed by atoms with E-state index < -0.39 is 0 Å². The van der Waals surface area contributed by atoms with Crippen LogP contribution in [0.3, 0.4) is 0 Å². The molecule has 0 spiro atoms. The highest BCUT2D eigenvalue weighted by Gasteiger charge is 2.07. The van der Waals surface area contributed by atoms with Crippen molar-refractivity contribution >= 4 is 23.2 Å². The Bertz CT molecular complexity index is 541. The molecule has 0 aromatic carbocycles. The maximum atomic E-state index is 5.75. The van der Waals surface area contributed by atoms with Gasteiger partial charge in [0, 0.05) is 12.2 Å². The Kier molecular flexibility index (Phi) is 3.61. The smallest absolute Gasteiger partial charge is 0.322 e. The molecule has 7 nitrogen and oxygen atoms in total. The van der Waals surface area contributed by atoms with Crippen LogP contribution in [0.25, 0.3) is 0 Å². The van der Waals surface area contributed by atoms with E-state index in [1.54, 1.807) is 6.20 Å². The Labute approximate surface area is 109 Å². The van der Waals surface area contributed by atoms with Gasteiger partial charge in [0.25, 0.3) is 0 Å². The molecule has 2 heterocycles. The average Bonchev–Trinajstić information content (AvgIpc) is 2.76. The lowest BCUT2D eigenvalue weighted by Gasteiger charge is -2.04. The average molecular weight is 269 g/mol. The van der Waals surface area contributed by atoms with E-state index in [0.29, 0.717) is 5.95 Å². The minimum Gasteiger partial charge on any atom is -0.467 e. The molecule has 2 rings (SSSR count). The van der Waals surface area contributed by atoms with Crippen LogP contribution in [0.2, 0.25) is 5.28 Å². The standard InChI is InChI=1S/C10H13ClN6O/c1-6(2)17-5-7(4-12-17)13-9-14-8(11)15-10(16-9)18-3/h4-6H,1-3H3,(H,13,14,15,16). The van der Waals surface area contributed by atoms with Gasteiger partial charge < -0.3 is 10.1 Å². The lowest BCUT2D eigenvalue weighted by molar-refractivity contribution is 0.379. The van der Waals surface area contributed by atoms with Gasteiger partial charge in [0.15, 0.2) is 0 Å². The Morgan fingerprint density at radius 2 is 2.11 bits per heavy atom. The zero-order valence-electron chi connectivity index (χ0n) is 10.3. The molecule has 96 valence electrons. The predicted molar refractivity (Wildman–Crippen MR) is 67.3 cm³/mol. The molecule has 2 aromatic rings. The fourth-order valence-electron chi connectivity index (χ4n) is 1.29. The van der Waals surface area contributed by atoms with Gasteiger partial charge in [-0.05, 0) is 25.4 Å². The number of aromatic nitrogens is 5. The summed E-state index contributed by atoms with van der Waals surface area (Å²) in [5, 5.41) is 7.25. The van der Waals surface area contributed by atoms with Crippen molar-refractivity contribution in [3.05, 3.63) is 17.7 Å². The Hall–Kier alpha value is -1.89. The van der Waals surface area contributed by atoms with E-state index in [1.165, 1.54) is 7.11 Å². The highest BCUT2D eigenvalue weighted by Crippen LogP contribution is 2.17. The number of nitrogens with zero attached hydrogens (tertiary/aromatic N) is 5. The molecule has 1 N–H and O–H groups in total. The lowest BCUT2D eigenvalue weighted by atomic mass is 10.4. The van der Waals surface area contributed by atoms with Gasteiger partial charge in [0.1, 0.15) is 0 Å². The van der Waals surface area contributed by atoms with Crippen LogP contribution in [-0.2, 0) is 0 Å². The van der Waals surface area contributed by atoms with E-state index >= 15 is 0 Å². The van der Waals surface area contributed by atoms with Gasteiger partial charge in [0.2, 0.25) is 11.2 Å². The molecule has 2 aromatic heterocycles. The number of nitrogens with one attached hydrogen (secondary N) is 1. The number of halogens is 1. The molecular formula is C10H13ClN6O. The summed E-state index contributed by atoms with van der Waals surface area (Å²) in [5.74, 6) is 0.315. The highest BCUT2D eigenvalue weighted by molar-refractivity contribution is 6.28. The second-order valence-corrected chi connectivity index (χ2v) is 4.18. The highest BCUT2D eigenvalue weighted by atomic mass is 35.5. The maximum Gasteiger partial charge on any atom is 0.322 e. The summed E-state index contributed by atoms with van der Waals surface area (Å²) < 4.78 is 6.73. The second-order valence-electron chi connectivity index (χ2n) is 3.84. The SMILES string of the molecule is COc1nc(Cl)nc(Nc2cnn(C(C)C)c2)n1. The quantitative estimate of drug-likeness (QED) is 0.914. The molecule has 0 saturated heterocycles. The topological polar surface area (TPSA) is 77.8 Å². The summed E-state index contributed by atoms with van der Waals surface area (Å²) in [6.45, 7) is 4.08. The van der Waals surface area contributed by atoms with Crippen LogP contribution >= 0.6 is 11.6 Å². The zero-order valence-corrected chi connectivity index (χ0v) is 11.0. The fraction of sp³-hybridized carbons (Fsp3) is 0.400. The van der Waals surface area contributed by atoms with Crippen molar-refractivity contribution in [2.24, 2.45) is 0 Å². The van der Waals surface area contributed by atoms with E-state index in [2.05, 4.69) is 25.4 Å². The monoisotopic (exact) mass is 268 g/mol. The lowest BCUT2D eigenvalue weighted by Crippen LogP contribution is -2.02. The Balaban J connectivity index is 2.19. The van der Waals surface area contributed by atoms with Crippen LogP contribution < -0.4 is 10.1 Å². The van der Waals surface area contributed by atoms with Crippen LogP contribution in [0.1, 0.15) is 19.9 Å². The van der Waals surface area contributed by atoms with Crippen molar-refractivity contribution in [1.82, 2.24) is 24.7 Å². The molecule has 0 aliphatic heterocycles. The van der Waals surface area contributed by atoms with Gasteiger partial charge in [0.05, 0.1) is 19.0 Å². The summed E-state index contributed by atoms with van der Waals surface area (Å²) >= 11 is 5.75. The zero-order chi connectivity index (χ0) is 13.1. The molecule has 0 aliphatic rings. The van der Waals surface area contributed by atoms with Crippen molar-refractivity contribution in [2.75, 3.05) is 12.4 Å². The molecule has 0 saturated carbocycles. The van der Waals surface area contributed by atoms with E-state index in [-0.39, 0.29) is 17.3 Å². The van der Waals surface area contributed by atoms with Gasteiger partial charge in [-0.25, -0.2) is 0 Å². The molecule has 0 aliphatic carbocycles. The third-order valence-electron chi connectivity index (χ3n) is 2.16. The van der Waals surface area contributed by atoms with Crippen LogP contribution in [-0.4, -0.2) is 31.8 Å². The number of hydrogen-bond donors (Lipinski definition) is 1. The van der Waals surface area contributed by atoms with Crippen molar-refractivity contribution < 1.29 is 4.74 Å². The molecule has 0 radical (unpaired) electrons.